The number of nitrogens with zero attached hydrogens (tertiary/aromatic N) is 4. The summed E-state index contributed by atoms with van der Waals surface area (Å²) in [6.45, 7) is 3.15. The molecule has 2 aromatic heterocycles. The van der Waals surface area contributed by atoms with Crippen molar-refractivity contribution < 1.29 is 0 Å². The van der Waals surface area contributed by atoms with Crippen molar-refractivity contribution in [3.63, 3.8) is 0 Å². The summed E-state index contributed by atoms with van der Waals surface area (Å²) >= 11 is 0. The molecular weight excluding hydrogens is 226 g/mol. The lowest BCUT2D eigenvalue weighted by Gasteiger charge is -2.17. The molecule has 18 heavy (non-hydrogen) atoms. The van der Waals surface area contributed by atoms with Gasteiger partial charge in [0, 0.05) is 31.9 Å². The molecule has 96 valence electrons. The van der Waals surface area contributed by atoms with Crippen LogP contribution in [-0.2, 0) is 13.5 Å². The molecule has 1 atom stereocenters. The number of hydrogen-bond donors (Lipinski definition) is 1. The van der Waals surface area contributed by atoms with E-state index < -0.39 is 0 Å². The zero-order chi connectivity index (χ0) is 12.8. The molecular formula is C13H19N5. The zero-order valence-corrected chi connectivity index (χ0v) is 10.9. The highest BCUT2D eigenvalue weighted by Gasteiger charge is 2.13. The highest BCUT2D eigenvalue weighted by molar-refractivity contribution is 5.15. The quantitative estimate of drug-likeness (QED) is 0.838. The van der Waals surface area contributed by atoms with Crippen molar-refractivity contribution in [1.82, 2.24) is 25.3 Å². The van der Waals surface area contributed by atoms with Crippen molar-refractivity contribution in [2.45, 2.75) is 25.8 Å². The van der Waals surface area contributed by atoms with Gasteiger partial charge in [0.1, 0.15) is 0 Å². The first-order valence-electron chi connectivity index (χ1n) is 6.28. The van der Waals surface area contributed by atoms with Crippen LogP contribution in [0.5, 0.6) is 0 Å². The number of aryl methyl sites for hydroxylation is 1. The minimum absolute atomic E-state index is 0.246. The Hall–Kier alpha value is -1.75. The van der Waals surface area contributed by atoms with Crippen LogP contribution in [-0.4, -0.2) is 26.5 Å². The topological polar surface area (TPSA) is 55.6 Å². The summed E-state index contributed by atoms with van der Waals surface area (Å²) in [6.07, 6.45) is 7.49. The molecule has 1 unspecified atom stereocenters. The van der Waals surface area contributed by atoms with Crippen molar-refractivity contribution in [2.24, 2.45) is 7.05 Å². The summed E-state index contributed by atoms with van der Waals surface area (Å²) in [5, 5.41) is 15.7. The largest absolute Gasteiger partial charge is 0.310 e. The number of aromatic nitrogens is 4. The normalized spacial score (nSPS) is 12.6. The minimum atomic E-state index is 0.246. The Morgan fingerprint density at radius 3 is 2.83 bits per heavy atom. The maximum absolute atomic E-state index is 4.42. The maximum atomic E-state index is 4.42. The molecule has 0 aliphatic heterocycles. The van der Waals surface area contributed by atoms with Gasteiger partial charge in [-0.1, -0.05) is 6.92 Å². The summed E-state index contributed by atoms with van der Waals surface area (Å²) in [5.41, 5.74) is 2.24. The molecule has 2 aromatic rings. The van der Waals surface area contributed by atoms with E-state index in [-0.39, 0.29) is 6.04 Å². The third-order valence-corrected chi connectivity index (χ3v) is 2.83. The molecule has 1 N–H and O–H groups in total. The predicted octanol–water partition coefficient (Wildman–Crippen LogP) is 1.49. The van der Waals surface area contributed by atoms with Gasteiger partial charge in [-0.05, 0) is 30.7 Å². The van der Waals surface area contributed by atoms with Gasteiger partial charge >= 0.3 is 0 Å². The molecule has 0 aliphatic rings. The minimum Gasteiger partial charge on any atom is -0.310 e. The highest BCUT2D eigenvalue weighted by Crippen LogP contribution is 2.16. The predicted molar refractivity (Wildman–Crippen MR) is 70.0 cm³/mol. The summed E-state index contributed by atoms with van der Waals surface area (Å²) in [5.74, 6) is 0. The Bertz CT molecular complexity index is 465. The maximum Gasteiger partial charge on any atom is 0.0643 e. The second kappa shape index (κ2) is 6.26. The molecule has 5 nitrogen and oxygen atoms in total. The first-order chi connectivity index (χ1) is 8.79. The van der Waals surface area contributed by atoms with Crippen LogP contribution in [0.3, 0.4) is 0 Å². The van der Waals surface area contributed by atoms with Crippen molar-refractivity contribution in [3.8, 4) is 0 Å². The number of hydrogen-bond acceptors (Lipinski definition) is 4. The fourth-order valence-electron chi connectivity index (χ4n) is 1.91. The van der Waals surface area contributed by atoms with E-state index in [1.54, 1.807) is 6.20 Å². The van der Waals surface area contributed by atoms with Gasteiger partial charge in [-0.15, -0.1) is 0 Å². The molecule has 0 spiro atoms. The highest BCUT2D eigenvalue weighted by atomic mass is 15.2. The molecule has 2 rings (SSSR count). The van der Waals surface area contributed by atoms with Crippen LogP contribution in [0.4, 0.5) is 0 Å². The van der Waals surface area contributed by atoms with Crippen molar-refractivity contribution >= 4 is 0 Å². The molecule has 0 bridgehead atoms. The van der Waals surface area contributed by atoms with Crippen molar-refractivity contribution in [1.29, 1.82) is 0 Å². The Morgan fingerprint density at radius 1 is 1.33 bits per heavy atom. The molecule has 2 heterocycles. The zero-order valence-electron chi connectivity index (χ0n) is 10.9. The van der Waals surface area contributed by atoms with E-state index in [0.29, 0.717) is 0 Å². The first kappa shape index (κ1) is 12.7. The van der Waals surface area contributed by atoms with Crippen LogP contribution < -0.4 is 5.32 Å². The Balaban J connectivity index is 2.10. The molecule has 0 radical (unpaired) electrons. The standard InChI is InChI=1S/C13H19N5/c1-3-6-14-13(11-4-7-15-16-10-11)9-12-5-8-18(2)17-12/h4-5,7-8,10,13-14H,3,6,9H2,1-2H3. The van der Waals surface area contributed by atoms with Gasteiger partial charge in [0.05, 0.1) is 11.9 Å². The number of rotatable bonds is 6. The van der Waals surface area contributed by atoms with Crippen LogP contribution >= 0.6 is 0 Å². The molecule has 0 aromatic carbocycles. The SMILES string of the molecule is CCCNC(Cc1ccn(C)n1)c1ccnnc1. The van der Waals surface area contributed by atoms with Gasteiger partial charge in [-0.2, -0.15) is 15.3 Å². The van der Waals surface area contributed by atoms with Crippen LogP contribution in [0.25, 0.3) is 0 Å². The lowest BCUT2D eigenvalue weighted by atomic mass is 10.0. The van der Waals surface area contributed by atoms with E-state index in [1.807, 2.05) is 30.2 Å². The molecule has 5 heteroatoms. The smallest absolute Gasteiger partial charge is 0.0643 e. The third-order valence-electron chi connectivity index (χ3n) is 2.83. The molecule has 0 amide bonds. The summed E-state index contributed by atoms with van der Waals surface area (Å²) in [4.78, 5) is 0. The monoisotopic (exact) mass is 245 g/mol. The second-order valence-corrected chi connectivity index (χ2v) is 4.37. The average Bonchev–Trinajstić information content (AvgIpc) is 2.81. The van der Waals surface area contributed by atoms with Gasteiger partial charge < -0.3 is 5.32 Å². The van der Waals surface area contributed by atoms with Crippen LogP contribution in [0, 0.1) is 0 Å². The molecule has 0 fully saturated rings. The lowest BCUT2D eigenvalue weighted by Crippen LogP contribution is -2.24. The Labute approximate surface area is 107 Å². The Kier molecular flexibility index (Phi) is 4.41. The van der Waals surface area contributed by atoms with Gasteiger partial charge in [0.15, 0.2) is 0 Å². The van der Waals surface area contributed by atoms with Gasteiger partial charge in [-0.3, -0.25) is 4.68 Å². The van der Waals surface area contributed by atoms with Crippen LogP contribution in [0.2, 0.25) is 0 Å². The van der Waals surface area contributed by atoms with Crippen molar-refractivity contribution in [3.05, 3.63) is 42.0 Å². The average molecular weight is 245 g/mol. The van der Waals surface area contributed by atoms with Crippen molar-refractivity contribution in [2.75, 3.05) is 6.54 Å². The number of nitrogens with one attached hydrogen (secondary N) is 1. The summed E-state index contributed by atoms with van der Waals surface area (Å²) in [6, 6.07) is 4.30. The first-order valence-corrected chi connectivity index (χ1v) is 6.28. The molecule has 0 saturated heterocycles. The van der Waals surface area contributed by atoms with Crippen LogP contribution in [0.1, 0.15) is 30.6 Å². The van der Waals surface area contributed by atoms with E-state index >= 15 is 0 Å². The van der Waals surface area contributed by atoms with E-state index in [2.05, 4.69) is 33.6 Å². The van der Waals surface area contributed by atoms with Gasteiger partial charge in [0.25, 0.3) is 0 Å². The fourth-order valence-corrected chi connectivity index (χ4v) is 1.91. The Morgan fingerprint density at radius 2 is 2.22 bits per heavy atom. The van der Waals surface area contributed by atoms with E-state index in [1.165, 1.54) is 0 Å². The summed E-state index contributed by atoms with van der Waals surface area (Å²) in [7, 11) is 1.94. The fraction of sp³-hybridized carbons (Fsp3) is 0.462. The van der Waals surface area contributed by atoms with Gasteiger partial charge in [0.2, 0.25) is 0 Å². The second-order valence-electron chi connectivity index (χ2n) is 4.37. The summed E-state index contributed by atoms with van der Waals surface area (Å²) < 4.78 is 1.83. The molecule has 0 aliphatic carbocycles. The van der Waals surface area contributed by atoms with Crippen LogP contribution in [0.15, 0.2) is 30.7 Å². The van der Waals surface area contributed by atoms with Gasteiger partial charge in [-0.25, -0.2) is 0 Å². The molecule has 0 saturated carbocycles. The third kappa shape index (κ3) is 3.37. The van der Waals surface area contributed by atoms with E-state index in [4.69, 9.17) is 0 Å². The van der Waals surface area contributed by atoms with E-state index in [0.717, 1.165) is 30.6 Å². The van der Waals surface area contributed by atoms with E-state index in [9.17, 15) is 0 Å². The lowest BCUT2D eigenvalue weighted by molar-refractivity contribution is 0.518.